The van der Waals surface area contributed by atoms with Gasteiger partial charge in [0.1, 0.15) is 10.5 Å². The monoisotopic (exact) mass is 250 g/mol. The number of fused-ring (bicyclic) bond motifs is 1. The number of pyridine rings is 1. The van der Waals surface area contributed by atoms with Crippen LogP contribution in [0, 0.1) is 0 Å². The van der Waals surface area contributed by atoms with E-state index in [-0.39, 0.29) is 0 Å². The lowest BCUT2D eigenvalue weighted by Gasteiger charge is -1.87. The van der Waals surface area contributed by atoms with E-state index in [0.717, 1.165) is 20.8 Å². The molecule has 0 atom stereocenters. The lowest BCUT2D eigenvalue weighted by molar-refractivity contribution is 0.768. The third-order valence-corrected chi connectivity index (χ3v) is 3.53. The summed E-state index contributed by atoms with van der Waals surface area (Å²) in [5.41, 5.74) is 1.81. The first-order valence-electron chi connectivity index (χ1n) is 4.63. The molecule has 3 aromatic rings. The fourth-order valence-corrected chi connectivity index (χ4v) is 2.67. The van der Waals surface area contributed by atoms with Crippen LogP contribution >= 0.6 is 22.9 Å². The highest BCUT2D eigenvalue weighted by Gasteiger charge is 2.10. The minimum Gasteiger partial charge on any atom is -0.275 e. The first kappa shape index (κ1) is 9.74. The van der Waals surface area contributed by atoms with Gasteiger partial charge < -0.3 is 0 Å². The van der Waals surface area contributed by atoms with E-state index >= 15 is 0 Å². The summed E-state index contributed by atoms with van der Waals surface area (Å²) in [7, 11) is 1.88. The smallest absolute Gasteiger partial charge is 0.127 e. The Balaban J connectivity index is 2.22. The van der Waals surface area contributed by atoms with Crippen molar-refractivity contribution in [1.29, 1.82) is 0 Å². The van der Waals surface area contributed by atoms with Crippen molar-refractivity contribution in [2.75, 3.05) is 0 Å². The minimum atomic E-state index is 0.587. The molecule has 0 N–H and O–H groups in total. The molecule has 0 aromatic carbocycles. The lowest BCUT2D eigenvalue weighted by atomic mass is 10.4. The number of halogens is 1. The Morgan fingerprint density at radius 3 is 2.88 bits per heavy atom. The first-order valence-corrected chi connectivity index (χ1v) is 5.82. The summed E-state index contributed by atoms with van der Waals surface area (Å²) in [5.74, 6) is 0. The van der Waals surface area contributed by atoms with Crippen LogP contribution in [0.15, 0.2) is 24.8 Å². The Hall–Kier alpha value is -1.46. The maximum atomic E-state index is 6.02. The van der Waals surface area contributed by atoms with Crippen molar-refractivity contribution in [2.45, 2.75) is 0 Å². The highest BCUT2D eigenvalue weighted by Crippen LogP contribution is 2.32. The Morgan fingerprint density at radius 2 is 2.19 bits per heavy atom. The van der Waals surface area contributed by atoms with E-state index in [1.54, 1.807) is 34.6 Å². The zero-order valence-electron chi connectivity index (χ0n) is 8.38. The van der Waals surface area contributed by atoms with E-state index in [0.29, 0.717) is 5.02 Å². The number of nitrogens with zero attached hydrogens (tertiary/aromatic N) is 4. The second kappa shape index (κ2) is 3.54. The summed E-state index contributed by atoms with van der Waals surface area (Å²) in [6, 6.07) is 0. The highest BCUT2D eigenvalue weighted by molar-refractivity contribution is 7.21. The maximum absolute atomic E-state index is 6.02. The summed E-state index contributed by atoms with van der Waals surface area (Å²) in [4.78, 5) is 8.53. The number of thiazole rings is 1. The number of rotatable bonds is 1. The van der Waals surface area contributed by atoms with Gasteiger partial charge in [0.2, 0.25) is 0 Å². The maximum Gasteiger partial charge on any atom is 0.127 e. The standard InChI is InChI=1S/C10H7ClN4S/c1-15-5-6(2-13-15)10-14-9-7(11)3-12-4-8(9)16-10/h2-5H,1H3. The summed E-state index contributed by atoms with van der Waals surface area (Å²) in [6.45, 7) is 0. The second-order valence-electron chi connectivity index (χ2n) is 3.39. The predicted octanol–water partition coefficient (Wildman–Crippen LogP) is 2.75. The molecule has 0 amide bonds. The minimum absolute atomic E-state index is 0.587. The molecule has 0 saturated carbocycles. The molecule has 4 nitrogen and oxygen atoms in total. The SMILES string of the molecule is Cn1cc(-c2nc3c(Cl)cncc3s2)cn1. The van der Waals surface area contributed by atoms with Gasteiger partial charge in [0.05, 0.1) is 15.9 Å². The van der Waals surface area contributed by atoms with Crippen LogP contribution in [0.4, 0.5) is 0 Å². The van der Waals surface area contributed by atoms with Crippen LogP contribution in [-0.4, -0.2) is 19.7 Å². The molecule has 0 aliphatic rings. The normalized spacial score (nSPS) is 11.1. The van der Waals surface area contributed by atoms with Gasteiger partial charge in [0.25, 0.3) is 0 Å². The van der Waals surface area contributed by atoms with Crippen LogP contribution in [0.2, 0.25) is 5.02 Å². The van der Waals surface area contributed by atoms with Crippen LogP contribution in [0.5, 0.6) is 0 Å². The van der Waals surface area contributed by atoms with Crippen LogP contribution < -0.4 is 0 Å². The molecule has 0 aliphatic carbocycles. The van der Waals surface area contributed by atoms with Gasteiger partial charge >= 0.3 is 0 Å². The fraction of sp³-hybridized carbons (Fsp3) is 0.100. The molecule has 16 heavy (non-hydrogen) atoms. The number of hydrogen-bond acceptors (Lipinski definition) is 4. The van der Waals surface area contributed by atoms with Gasteiger partial charge in [0.15, 0.2) is 0 Å². The molecule has 3 rings (SSSR count). The molecule has 0 fully saturated rings. The zero-order valence-corrected chi connectivity index (χ0v) is 9.96. The number of aryl methyl sites for hydroxylation is 1. The Bertz CT molecular complexity index is 658. The molecular weight excluding hydrogens is 244 g/mol. The van der Waals surface area contributed by atoms with Gasteiger partial charge in [-0.25, -0.2) is 4.98 Å². The average Bonchev–Trinajstić information content (AvgIpc) is 2.84. The Kier molecular flexibility index (Phi) is 2.15. The fourth-order valence-electron chi connectivity index (χ4n) is 1.48. The topological polar surface area (TPSA) is 43.6 Å². The molecule has 0 bridgehead atoms. The summed E-state index contributed by atoms with van der Waals surface area (Å²) < 4.78 is 2.74. The van der Waals surface area contributed by atoms with Crippen molar-refractivity contribution in [1.82, 2.24) is 19.7 Å². The molecule has 0 aliphatic heterocycles. The zero-order chi connectivity index (χ0) is 11.1. The van der Waals surface area contributed by atoms with Gasteiger partial charge in [-0.2, -0.15) is 5.10 Å². The van der Waals surface area contributed by atoms with Crippen LogP contribution in [0.1, 0.15) is 0 Å². The summed E-state index contributed by atoms with van der Waals surface area (Å²) >= 11 is 7.59. The van der Waals surface area contributed by atoms with Gasteiger partial charge in [-0.15, -0.1) is 11.3 Å². The molecule has 0 radical (unpaired) electrons. The van der Waals surface area contributed by atoms with E-state index in [2.05, 4.69) is 15.1 Å². The van der Waals surface area contributed by atoms with Gasteiger partial charge in [-0.1, -0.05) is 11.6 Å². The van der Waals surface area contributed by atoms with Crippen molar-refractivity contribution in [3.05, 3.63) is 29.8 Å². The lowest BCUT2D eigenvalue weighted by Crippen LogP contribution is -1.83. The van der Waals surface area contributed by atoms with E-state index in [9.17, 15) is 0 Å². The Labute approximate surface area is 101 Å². The molecule has 80 valence electrons. The molecule has 3 aromatic heterocycles. The quantitative estimate of drug-likeness (QED) is 0.667. The van der Waals surface area contributed by atoms with E-state index in [1.165, 1.54) is 0 Å². The van der Waals surface area contributed by atoms with Crippen molar-refractivity contribution in [3.63, 3.8) is 0 Å². The van der Waals surface area contributed by atoms with Gasteiger partial charge in [-0.3, -0.25) is 9.67 Å². The van der Waals surface area contributed by atoms with Crippen LogP contribution in [0.25, 0.3) is 20.8 Å². The van der Waals surface area contributed by atoms with E-state index < -0.39 is 0 Å². The summed E-state index contributed by atoms with van der Waals surface area (Å²) in [6.07, 6.45) is 7.10. The molecular formula is C10H7ClN4S. The van der Waals surface area contributed by atoms with Crippen molar-refractivity contribution < 1.29 is 0 Å². The van der Waals surface area contributed by atoms with Gasteiger partial charge in [-0.05, 0) is 0 Å². The van der Waals surface area contributed by atoms with Crippen molar-refractivity contribution in [2.24, 2.45) is 7.05 Å². The highest BCUT2D eigenvalue weighted by atomic mass is 35.5. The van der Waals surface area contributed by atoms with Gasteiger partial charge in [0, 0.05) is 31.2 Å². The molecule has 3 heterocycles. The first-order chi connectivity index (χ1) is 7.74. The number of aromatic nitrogens is 4. The molecule has 0 unspecified atom stereocenters. The predicted molar refractivity (Wildman–Crippen MR) is 64.6 cm³/mol. The molecule has 0 saturated heterocycles. The number of hydrogen-bond donors (Lipinski definition) is 0. The Morgan fingerprint density at radius 1 is 1.31 bits per heavy atom. The average molecular weight is 251 g/mol. The van der Waals surface area contributed by atoms with Crippen molar-refractivity contribution in [3.8, 4) is 10.6 Å². The van der Waals surface area contributed by atoms with Crippen LogP contribution in [0.3, 0.4) is 0 Å². The second-order valence-corrected chi connectivity index (χ2v) is 4.83. The van der Waals surface area contributed by atoms with E-state index in [1.807, 2.05) is 13.2 Å². The third-order valence-electron chi connectivity index (χ3n) is 2.21. The third kappa shape index (κ3) is 1.48. The van der Waals surface area contributed by atoms with Crippen LogP contribution in [-0.2, 0) is 7.05 Å². The van der Waals surface area contributed by atoms with E-state index in [4.69, 9.17) is 11.6 Å². The summed E-state index contributed by atoms with van der Waals surface area (Å²) in [5, 5.41) is 5.62. The largest absolute Gasteiger partial charge is 0.275 e. The molecule has 6 heteroatoms. The van der Waals surface area contributed by atoms with Crippen molar-refractivity contribution >= 4 is 33.2 Å². The molecule has 0 spiro atoms.